The highest BCUT2D eigenvalue weighted by Crippen LogP contribution is 2.35. The molecule has 0 spiro atoms. The number of anilines is 1. The maximum Gasteiger partial charge on any atom is 0.419 e. The number of nitrogens with zero attached hydrogens (tertiary/aromatic N) is 3. The van der Waals surface area contributed by atoms with Crippen molar-refractivity contribution in [3.8, 4) is 0 Å². The number of aromatic nitrogens is 1. The number of carbonyl (C=O) groups is 1. The Morgan fingerprint density at radius 3 is 2.43 bits per heavy atom. The number of benzene rings is 1. The Hall–Kier alpha value is -2.66. The van der Waals surface area contributed by atoms with Gasteiger partial charge in [0.05, 0.1) is 16.9 Å². The Morgan fingerprint density at radius 2 is 1.83 bits per heavy atom. The van der Waals surface area contributed by atoms with E-state index in [1.54, 1.807) is 13.0 Å². The summed E-state index contributed by atoms with van der Waals surface area (Å²) >= 11 is 0. The molecular weight excluding hydrogens is 423 g/mol. The second kappa shape index (κ2) is 8.23. The van der Waals surface area contributed by atoms with Crippen LogP contribution in [0.2, 0.25) is 0 Å². The number of aryl methyl sites for hydroxylation is 1. The van der Waals surface area contributed by atoms with Crippen molar-refractivity contribution in [1.82, 2.24) is 9.29 Å². The molecule has 0 unspecified atom stereocenters. The van der Waals surface area contributed by atoms with Crippen molar-refractivity contribution in [2.24, 2.45) is 0 Å². The number of pyridine rings is 1. The van der Waals surface area contributed by atoms with E-state index in [4.69, 9.17) is 5.11 Å². The summed E-state index contributed by atoms with van der Waals surface area (Å²) in [4.78, 5) is 16.2. The number of rotatable bonds is 5. The summed E-state index contributed by atoms with van der Waals surface area (Å²) in [7, 11) is -3.91. The third-order valence-electron chi connectivity index (χ3n) is 4.93. The van der Waals surface area contributed by atoms with Gasteiger partial charge in [-0.15, -0.1) is 0 Å². The van der Waals surface area contributed by atoms with Gasteiger partial charge in [-0.05, 0) is 42.3 Å². The predicted octanol–water partition coefficient (Wildman–Crippen LogP) is 2.55. The molecule has 162 valence electrons. The zero-order valence-electron chi connectivity index (χ0n) is 16.1. The van der Waals surface area contributed by atoms with E-state index in [-0.39, 0.29) is 43.3 Å². The molecule has 30 heavy (non-hydrogen) atoms. The first-order chi connectivity index (χ1) is 14.0. The molecular formula is C19H20F3N3O4S. The van der Waals surface area contributed by atoms with E-state index in [9.17, 15) is 26.4 Å². The topological polar surface area (TPSA) is 90.8 Å². The Bertz CT molecular complexity index is 1050. The Labute approximate surface area is 171 Å². The van der Waals surface area contributed by atoms with Crippen molar-refractivity contribution in [1.29, 1.82) is 0 Å². The van der Waals surface area contributed by atoms with E-state index in [2.05, 4.69) is 4.98 Å². The van der Waals surface area contributed by atoms with Crippen molar-refractivity contribution < 1.29 is 31.5 Å². The molecule has 0 radical (unpaired) electrons. The van der Waals surface area contributed by atoms with Crippen LogP contribution in [0.15, 0.2) is 41.4 Å². The lowest BCUT2D eigenvalue weighted by atomic mass is 10.1. The van der Waals surface area contributed by atoms with E-state index in [1.807, 2.05) is 0 Å². The number of alkyl halides is 3. The van der Waals surface area contributed by atoms with Crippen molar-refractivity contribution in [2.45, 2.75) is 24.4 Å². The molecule has 0 atom stereocenters. The third kappa shape index (κ3) is 4.57. The van der Waals surface area contributed by atoms with E-state index in [0.29, 0.717) is 11.1 Å². The normalized spacial score (nSPS) is 15.9. The smallest absolute Gasteiger partial charge is 0.419 e. The van der Waals surface area contributed by atoms with Crippen LogP contribution in [0, 0.1) is 6.92 Å². The number of carboxylic acids is 1. The van der Waals surface area contributed by atoms with Crippen molar-refractivity contribution in [3.63, 3.8) is 0 Å². The van der Waals surface area contributed by atoms with E-state index < -0.39 is 27.7 Å². The lowest BCUT2D eigenvalue weighted by molar-refractivity contribution is -0.137. The summed E-state index contributed by atoms with van der Waals surface area (Å²) in [6.07, 6.45) is -3.60. The van der Waals surface area contributed by atoms with Crippen molar-refractivity contribution >= 4 is 21.8 Å². The van der Waals surface area contributed by atoms with Gasteiger partial charge in [-0.25, -0.2) is 13.4 Å². The molecule has 1 aliphatic heterocycles. The van der Waals surface area contributed by atoms with Crippen LogP contribution in [0.4, 0.5) is 19.0 Å². The van der Waals surface area contributed by atoms with Crippen LogP contribution >= 0.6 is 0 Å². The maximum absolute atomic E-state index is 13.2. The van der Waals surface area contributed by atoms with Gasteiger partial charge in [0.15, 0.2) is 0 Å². The maximum atomic E-state index is 13.2. The first kappa shape index (κ1) is 22.0. The van der Waals surface area contributed by atoms with Gasteiger partial charge in [0.1, 0.15) is 5.82 Å². The first-order valence-corrected chi connectivity index (χ1v) is 10.5. The fourth-order valence-electron chi connectivity index (χ4n) is 3.32. The Kier molecular flexibility index (Phi) is 6.04. The Balaban J connectivity index is 1.79. The molecule has 1 aromatic heterocycles. The molecule has 2 heterocycles. The Morgan fingerprint density at radius 1 is 1.17 bits per heavy atom. The molecule has 1 fully saturated rings. The minimum atomic E-state index is -4.56. The summed E-state index contributed by atoms with van der Waals surface area (Å²) in [5.74, 6) is -1.29. The molecule has 1 aromatic carbocycles. The van der Waals surface area contributed by atoms with Crippen LogP contribution in [-0.4, -0.2) is 55.0 Å². The number of hydrogen-bond acceptors (Lipinski definition) is 5. The monoisotopic (exact) mass is 443 g/mol. The molecule has 1 aliphatic rings. The number of halogens is 3. The molecule has 0 amide bonds. The number of piperazine rings is 1. The van der Waals surface area contributed by atoms with Gasteiger partial charge in [-0.3, -0.25) is 4.79 Å². The van der Waals surface area contributed by atoms with Crippen molar-refractivity contribution in [3.05, 3.63) is 53.2 Å². The van der Waals surface area contributed by atoms with Crippen LogP contribution in [0.5, 0.6) is 0 Å². The second-order valence-corrected chi connectivity index (χ2v) is 8.86. The standard InChI is InChI=1S/C19H20F3N3O4S/c1-13-4-5-15(11-14(13)12-17(26)27)30(28,29)25-9-7-24(8-10-25)18-16(19(20,21)22)3-2-6-23-18/h2-6,11H,7-10,12H2,1H3,(H,26,27). The van der Waals surface area contributed by atoms with E-state index in [0.717, 1.165) is 6.07 Å². The fourth-order valence-corrected chi connectivity index (χ4v) is 4.79. The van der Waals surface area contributed by atoms with Crippen LogP contribution in [0.25, 0.3) is 0 Å². The van der Waals surface area contributed by atoms with Gasteiger partial charge in [0, 0.05) is 32.4 Å². The molecule has 0 saturated carbocycles. The van der Waals surface area contributed by atoms with Crippen LogP contribution < -0.4 is 4.90 Å². The fraction of sp³-hybridized carbons (Fsp3) is 0.368. The molecule has 1 N–H and O–H groups in total. The lowest BCUT2D eigenvalue weighted by Gasteiger charge is -2.35. The van der Waals surface area contributed by atoms with Gasteiger partial charge in [0.2, 0.25) is 10.0 Å². The first-order valence-electron chi connectivity index (χ1n) is 9.09. The average molecular weight is 443 g/mol. The molecule has 1 saturated heterocycles. The molecule has 0 aliphatic carbocycles. The van der Waals surface area contributed by atoms with Crippen LogP contribution in [0.1, 0.15) is 16.7 Å². The lowest BCUT2D eigenvalue weighted by Crippen LogP contribution is -2.49. The SMILES string of the molecule is Cc1ccc(S(=O)(=O)N2CCN(c3ncccc3C(F)(F)F)CC2)cc1CC(=O)O. The highest BCUT2D eigenvalue weighted by Gasteiger charge is 2.37. The van der Waals surface area contributed by atoms with E-state index in [1.165, 1.54) is 33.6 Å². The summed E-state index contributed by atoms with van der Waals surface area (Å²) in [5, 5.41) is 9.00. The summed E-state index contributed by atoms with van der Waals surface area (Å²) < 4.78 is 66.8. The minimum absolute atomic E-state index is 0.0155. The summed E-state index contributed by atoms with van der Waals surface area (Å²) in [6.45, 7) is 1.76. The third-order valence-corrected chi connectivity index (χ3v) is 6.82. The largest absolute Gasteiger partial charge is 0.481 e. The highest BCUT2D eigenvalue weighted by atomic mass is 32.2. The van der Waals surface area contributed by atoms with Gasteiger partial charge >= 0.3 is 12.1 Å². The molecule has 3 rings (SSSR count). The number of sulfonamides is 1. The minimum Gasteiger partial charge on any atom is -0.481 e. The quantitative estimate of drug-likeness (QED) is 0.764. The van der Waals surface area contributed by atoms with Gasteiger partial charge in [-0.1, -0.05) is 6.07 Å². The summed E-state index contributed by atoms with van der Waals surface area (Å²) in [6, 6.07) is 6.44. The molecule has 11 heteroatoms. The number of aliphatic carboxylic acids is 1. The van der Waals surface area contributed by atoms with Crippen molar-refractivity contribution in [2.75, 3.05) is 31.1 Å². The highest BCUT2D eigenvalue weighted by molar-refractivity contribution is 7.89. The molecule has 2 aromatic rings. The number of hydrogen-bond donors (Lipinski definition) is 1. The molecule has 0 bridgehead atoms. The molecule has 7 nitrogen and oxygen atoms in total. The van der Waals surface area contributed by atoms with Gasteiger partial charge in [-0.2, -0.15) is 17.5 Å². The summed E-state index contributed by atoms with van der Waals surface area (Å²) in [5.41, 5.74) is 0.194. The van der Waals surface area contributed by atoms with Crippen LogP contribution in [-0.2, 0) is 27.4 Å². The zero-order chi connectivity index (χ0) is 22.1. The zero-order valence-corrected chi connectivity index (χ0v) is 16.9. The van der Waals surface area contributed by atoms with Gasteiger partial charge in [0.25, 0.3) is 0 Å². The number of carboxylic acid groups (broad SMARTS) is 1. The second-order valence-electron chi connectivity index (χ2n) is 6.92. The predicted molar refractivity (Wildman–Crippen MR) is 103 cm³/mol. The van der Waals surface area contributed by atoms with Gasteiger partial charge < -0.3 is 10.0 Å². The van der Waals surface area contributed by atoms with E-state index >= 15 is 0 Å². The van der Waals surface area contributed by atoms with Crippen LogP contribution in [0.3, 0.4) is 0 Å². The average Bonchev–Trinajstić information content (AvgIpc) is 2.68.